The summed E-state index contributed by atoms with van der Waals surface area (Å²) in [6, 6.07) is 70.5. The van der Waals surface area contributed by atoms with Gasteiger partial charge in [0.05, 0.1) is 45.5 Å². The third-order valence-corrected chi connectivity index (χ3v) is 11.2. The van der Waals surface area contributed by atoms with Gasteiger partial charge in [0.2, 0.25) is 0 Å². The fourth-order valence-corrected chi connectivity index (χ4v) is 8.72. The van der Waals surface area contributed by atoms with Crippen molar-refractivity contribution in [3.8, 4) is 22.5 Å². The van der Waals surface area contributed by atoms with Crippen LogP contribution in [-0.4, -0.2) is 9.13 Å². The first-order valence-corrected chi connectivity index (χ1v) is 18.7. The van der Waals surface area contributed by atoms with Crippen LogP contribution in [0, 0.1) is 0 Å². The molecule has 8 aromatic carbocycles. The van der Waals surface area contributed by atoms with Crippen LogP contribution < -0.4 is 10.6 Å². The number of anilines is 2. The average molecular weight is 693 g/mol. The maximum Gasteiger partial charge on any atom is 0.0758 e. The van der Waals surface area contributed by atoms with E-state index in [0.29, 0.717) is 0 Å². The number of rotatable bonds is 5. The summed E-state index contributed by atoms with van der Waals surface area (Å²) < 4.78 is 4.78. The zero-order valence-electron chi connectivity index (χ0n) is 29.5. The van der Waals surface area contributed by atoms with E-state index in [-0.39, 0.29) is 12.1 Å². The van der Waals surface area contributed by atoms with Crippen LogP contribution in [0.1, 0.15) is 23.2 Å². The van der Waals surface area contributed by atoms with E-state index in [1.165, 1.54) is 71.6 Å². The second kappa shape index (κ2) is 12.3. The Morgan fingerprint density at radius 1 is 0.315 bits per heavy atom. The molecular formula is C50H36N4. The van der Waals surface area contributed by atoms with Gasteiger partial charge in [-0.1, -0.05) is 121 Å². The first-order chi connectivity index (χ1) is 26.8. The zero-order chi connectivity index (χ0) is 35.6. The fraction of sp³-hybridized carbons (Fsp3) is 0.0400. The number of fused-ring (bicyclic) bond motifs is 7. The van der Waals surface area contributed by atoms with Crippen LogP contribution in [-0.2, 0) is 0 Å². The van der Waals surface area contributed by atoms with Crippen LogP contribution in [0.5, 0.6) is 0 Å². The molecule has 2 aromatic heterocycles. The van der Waals surface area contributed by atoms with Gasteiger partial charge in [-0.2, -0.15) is 0 Å². The van der Waals surface area contributed by atoms with Gasteiger partial charge >= 0.3 is 0 Å². The van der Waals surface area contributed by atoms with Crippen molar-refractivity contribution in [2.24, 2.45) is 0 Å². The molecule has 11 rings (SSSR count). The molecule has 54 heavy (non-hydrogen) atoms. The first kappa shape index (κ1) is 30.6. The van der Waals surface area contributed by atoms with Crippen molar-refractivity contribution in [3.05, 3.63) is 205 Å². The predicted molar refractivity (Wildman–Crippen MR) is 226 cm³/mol. The highest BCUT2D eigenvalue weighted by Crippen LogP contribution is 2.43. The van der Waals surface area contributed by atoms with Gasteiger partial charge in [-0.3, -0.25) is 0 Å². The summed E-state index contributed by atoms with van der Waals surface area (Å²) in [4.78, 5) is 0. The Bertz CT molecular complexity index is 2990. The third-order valence-electron chi connectivity index (χ3n) is 11.2. The predicted octanol–water partition coefficient (Wildman–Crippen LogP) is 12.9. The van der Waals surface area contributed by atoms with Gasteiger partial charge in [-0.15, -0.1) is 0 Å². The fourth-order valence-electron chi connectivity index (χ4n) is 8.72. The van der Waals surface area contributed by atoms with E-state index in [1.807, 2.05) is 0 Å². The minimum absolute atomic E-state index is 0.0658. The Hall–Kier alpha value is -7.04. The molecule has 2 unspecified atom stereocenters. The van der Waals surface area contributed by atoms with Crippen molar-refractivity contribution in [1.82, 2.24) is 9.13 Å². The second-order valence-corrected chi connectivity index (χ2v) is 14.3. The molecule has 4 heteroatoms. The molecule has 2 N–H and O–H groups in total. The summed E-state index contributed by atoms with van der Waals surface area (Å²) in [5.41, 5.74) is 14.3. The van der Waals surface area contributed by atoms with Gasteiger partial charge < -0.3 is 19.8 Å². The van der Waals surface area contributed by atoms with Gasteiger partial charge in [0, 0.05) is 32.9 Å². The van der Waals surface area contributed by atoms with E-state index in [2.05, 4.69) is 214 Å². The quantitative estimate of drug-likeness (QED) is 0.188. The largest absolute Gasteiger partial charge is 0.374 e. The second-order valence-electron chi connectivity index (χ2n) is 14.3. The molecular weight excluding hydrogens is 657 g/mol. The Labute approximate surface area is 313 Å². The molecule has 0 saturated heterocycles. The van der Waals surface area contributed by atoms with Gasteiger partial charge in [-0.05, 0) is 95.1 Å². The lowest BCUT2D eigenvalue weighted by atomic mass is 9.90. The molecule has 2 atom stereocenters. The van der Waals surface area contributed by atoms with E-state index in [0.717, 1.165) is 17.1 Å². The highest BCUT2D eigenvalue weighted by atomic mass is 15.1. The molecule has 1 aliphatic heterocycles. The minimum Gasteiger partial charge on any atom is -0.374 e. The molecule has 10 aromatic rings. The average Bonchev–Trinajstić information content (AvgIpc) is 3.76. The summed E-state index contributed by atoms with van der Waals surface area (Å²) in [6.07, 6.45) is 0. The standard InChI is InChI=1S/C50H36N4/c1-3-13-33(14-4-1)49-50(52-44-20-10-9-19-43(44)51-49)34-23-27-38(28-24-34)54-46-22-12-8-18-40(46)42-32-36(26-30-48(42)54)35-25-29-47-41(31-35)39-17-7-11-21-45(39)53(47)37-15-5-2-6-16-37/h1-32,49-52H. The van der Waals surface area contributed by atoms with Gasteiger partial charge in [0.25, 0.3) is 0 Å². The smallest absolute Gasteiger partial charge is 0.0758 e. The van der Waals surface area contributed by atoms with E-state index >= 15 is 0 Å². The third kappa shape index (κ3) is 4.84. The lowest BCUT2D eigenvalue weighted by Gasteiger charge is -2.37. The molecule has 4 nitrogen and oxygen atoms in total. The molecule has 1 aliphatic rings. The lowest BCUT2D eigenvalue weighted by Crippen LogP contribution is -2.30. The van der Waals surface area contributed by atoms with Crippen LogP contribution in [0.25, 0.3) is 66.1 Å². The normalized spacial score (nSPS) is 15.3. The number of aromatic nitrogens is 2. The molecule has 0 saturated carbocycles. The number of hydrogen-bond donors (Lipinski definition) is 2. The minimum atomic E-state index is 0.0658. The number of hydrogen-bond acceptors (Lipinski definition) is 2. The monoisotopic (exact) mass is 692 g/mol. The lowest BCUT2D eigenvalue weighted by molar-refractivity contribution is 0.636. The Morgan fingerprint density at radius 2 is 0.722 bits per heavy atom. The molecule has 3 heterocycles. The van der Waals surface area contributed by atoms with Gasteiger partial charge in [0.15, 0.2) is 0 Å². The maximum absolute atomic E-state index is 3.86. The van der Waals surface area contributed by atoms with Crippen molar-refractivity contribution in [3.63, 3.8) is 0 Å². The van der Waals surface area contributed by atoms with Crippen molar-refractivity contribution in [2.75, 3.05) is 10.6 Å². The first-order valence-electron chi connectivity index (χ1n) is 18.7. The van der Waals surface area contributed by atoms with Crippen LogP contribution in [0.3, 0.4) is 0 Å². The van der Waals surface area contributed by atoms with Crippen molar-refractivity contribution in [1.29, 1.82) is 0 Å². The van der Waals surface area contributed by atoms with E-state index < -0.39 is 0 Å². The molecule has 0 aliphatic carbocycles. The summed E-state index contributed by atoms with van der Waals surface area (Å²) in [5.74, 6) is 0. The Morgan fingerprint density at radius 3 is 1.26 bits per heavy atom. The number of nitrogens with zero attached hydrogens (tertiary/aromatic N) is 2. The topological polar surface area (TPSA) is 33.9 Å². The summed E-state index contributed by atoms with van der Waals surface area (Å²) in [5, 5.41) is 12.7. The summed E-state index contributed by atoms with van der Waals surface area (Å²) in [7, 11) is 0. The van der Waals surface area contributed by atoms with Crippen molar-refractivity contribution >= 4 is 55.0 Å². The van der Waals surface area contributed by atoms with E-state index in [1.54, 1.807) is 0 Å². The molecule has 0 fully saturated rings. The molecule has 256 valence electrons. The van der Waals surface area contributed by atoms with Crippen molar-refractivity contribution in [2.45, 2.75) is 12.1 Å². The number of nitrogens with one attached hydrogen (secondary N) is 2. The highest BCUT2D eigenvalue weighted by molar-refractivity contribution is 6.12. The Kier molecular flexibility index (Phi) is 6.96. The SMILES string of the molecule is c1ccc(C2Nc3ccccc3NC2c2ccc(-n3c4ccccc4c4cc(-c5ccc6c(c5)c5ccccc5n6-c5ccccc5)ccc43)cc2)cc1. The van der Waals surface area contributed by atoms with E-state index in [9.17, 15) is 0 Å². The zero-order valence-corrected chi connectivity index (χ0v) is 29.5. The van der Waals surface area contributed by atoms with Crippen molar-refractivity contribution < 1.29 is 0 Å². The van der Waals surface area contributed by atoms with E-state index in [4.69, 9.17) is 0 Å². The molecule has 0 bridgehead atoms. The molecule has 0 spiro atoms. The van der Waals surface area contributed by atoms with Crippen LogP contribution >= 0.6 is 0 Å². The Balaban J connectivity index is 1.000. The number of para-hydroxylation sites is 5. The highest BCUT2D eigenvalue weighted by Gasteiger charge is 2.30. The van der Waals surface area contributed by atoms with Crippen LogP contribution in [0.15, 0.2) is 194 Å². The molecule has 0 amide bonds. The summed E-state index contributed by atoms with van der Waals surface area (Å²) in [6.45, 7) is 0. The summed E-state index contributed by atoms with van der Waals surface area (Å²) >= 11 is 0. The van der Waals surface area contributed by atoms with Crippen LogP contribution in [0.2, 0.25) is 0 Å². The molecule has 0 radical (unpaired) electrons. The van der Waals surface area contributed by atoms with Crippen LogP contribution in [0.4, 0.5) is 11.4 Å². The van der Waals surface area contributed by atoms with Gasteiger partial charge in [0.1, 0.15) is 0 Å². The number of benzene rings is 8. The maximum atomic E-state index is 3.86. The van der Waals surface area contributed by atoms with Gasteiger partial charge in [-0.25, -0.2) is 0 Å².